The number of para-hydroxylation sites is 2. The minimum atomic E-state index is 0.107. The molecule has 3 N–H and O–H groups in total. The number of phenolic OH excluding ortho intramolecular Hbond substituents is 2. The fraction of sp³-hybridized carbons (Fsp3) is 0.0909. The molecule has 1 aromatic heterocycles. The Hall–Kier alpha value is -3.31. The number of aliphatic imine (C=N–C) groups is 1. The zero-order chi connectivity index (χ0) is 19.8. The summed E-state index contributed by atoms with van der Waals surface area (Å²) in [5, 5.41) is 21.1. The molecule has 5 nitrogen and oxygen atoms in total. The highest BCUT2D eigenvalue weighted by Gasteiger charge is 2.12. The van der Waals surface area contributed by atoms with Crippen LogP contribution in [0, 0.1) is 13.8 Å². The largest absolute Gasteiger partial charge is 0.507 e. The smallest absolute Gasteiger partial charge is 0.142 e. The Bertz CT molecular complexity index is 1200. The van der Waals surface area contributed by atoms with Gasteiger partial charge in [-0.2, -0.15) is 0 Å². The van der Waals surface area contributed by atoms with E-state index in [2.05, 4.69) is 15.0 Å². The number of fused-ring (bicyclic) bond motifs is 1. The number of aromatic hydroxyl groups is 2. The van der Waals surface area contributed by atoms with Crippen LogP contribution in [0.3, 0.4) is 0 Å². The second-order valence-corrected chi connectivity index (χ2v) is 7.01. The molecular formula is C22H18ClN3O2. The van der Waals surface area contributed by atoms with E-state index in [1.807, 2.05) is 38.1 Å². The Morgan fingerprint density at radius 2 is 1.82 bits per heavy atom. The van der Waals surface area contributed by atoms with Crippen molar-refractivity contribution >= 4 is 34.5 Å². The third-order valence-corrected chi connectivity index (χ3v) is 5.26. The highest BCUT2D eigenvalue weighted by atomic mass is 35.5. The summed E-state index contributed by atoms with van der Waals surface area (Å²) in [6.45, 7) is 3.68. The van der Waals surface area contributed by atoms with Gasteiger partial charge in [0, 0.05) is 16.8 Å². The van der Waals surface area contributed by atoms with E-state index < -0.39 is 0 Å². The van der Waals surface area contributed by atoms with Crippen LogP contribution >= 0.6 is 11.6 Å². The second kappa shape index (κ2) is 7.02. The van der Waals surface area contributed by atoms with Crippen molar-refractivity contribution < 1.29 is 10.2 Å². The molecule has 0 saturated carbocycles. The number of nitrogens with one attached hydrogen (secondary N) is 1. The average Bonchev–Trinajstić information content (AvgIpc) is 3.11. The van der Waals surface area contributed by atoms with Gasteiger partial charge in [-0.3, -0.25) is 4.99 Å². The first kappa shape index (κ1) is 18.1. The Balaban J connectivity index is 1.74. The van der Waals surface area contributed by atoms with Gasteiger partial charge in [0.25, 0.3) is 0 Å². The summed E-state index contributed by atoms with van der Waals surface area (Å²) in [6, 6.07) is 14.3. The number of rotatable bonds is 3. The van der Waals surface area contributed by atoms with Gasteiger partial charge in [-0.05, 0) is 61.4 Å². The molecular weight excluding hydrogens is 374 g/mol. The zero-order valence-corrected chi connectivity index (χ0v) is 16.1. The molecule has 0 amide bonds. The Morgan fingerprint density at radius 3 is 2.61 bits per heavy atom. The van der Waals surface area contributed by atoms with Crippen LogP contribution in [-0.2, 0) is 0 Å². The second-order valence-electron chi connectivity index (χ2n) is 6.63. The first-order chi connectivity index (χ1) is 13.4. The van der Waals surface area contributed by atoms with Gasteiger partial charge in [-0.1, -0.05) is 23.7 Å². The van der Waals surface area contributed by atoms with E-state index in [0.29, 0.717) is 27.7 Å². The lowest BCUT2D eigenvalue weighted by Crippen LogP contribution is -1.92. The normalized spacial score (nSPS) is 11.5. The minimum Gasteiger partial charge on any atom is -0.507 e. The molecule has 0 fully saturated rings. The summed E-state index contributed by atoms with van der Waals surface area (Å²) in [5.41, 5.74) is 5.01. The Labute approximate surface area is 167 Å². The maximum absolute atomic E-state index is 10.3. The number of H-pyrrole nitrogens is 1. The number of aryl methyl sites for hydroxylation is 1. The average molecular weight is 392 g/mol. The van der Waals surface area contributed by atoms with Crippen molar-refractivity contribution in [3.05, 3.63) is 70.2 Å². The first-order valence-electron chi connectivity index (χ1n) is 8.75. The van der Waals surface area contributed by atoms with Gasteiger partial charge in [-0.25, -0.2) is 4.98 Å². The summed E-state index contributed by atoms with van der Waals surface area (Å²) in [7, 11) is 0. The van der Waals surface area contributed by atoms with E-state index in [1.165, 1.54) is 0 Å². The molecule has 0 spiro atoms. The van der Waals surface area contributed by atoms with Crippen molar-refractivity contribution in [1.82, 2.24) is 9.97 Å². The quantitative estimate of drug-likeness (QED) is 0.394. The SMILES string of the molecule is Cc1cc(O)c(C=Nc2ccc(O)c(-c3nc4ccccc4[nH]3)c2)c(C)c1Cl. The van der Waals surface area contributed by atoms with E-state index in [0.717, 1.165) is 22.2 Å². The molecule has 0 bridgehead atoms. The minimum absolute atomic E-state index is 0.107. The molecule has 0 aliphatic carbocycles. The maximum Gasteiger partial charge on any atom is 0.142 e. The van der Waals surface area contributed by atoms with E-state index in [1.54, 1.807) is 30.5 Å². The van der Waals surface area contributed by atoms with E-state index in [9.17, 15) is 10.2 Å². The van der Waals surface area contributed by atoms with Crippen molar-refractivity contribution in [2.24, 2.45) is 4.99 Å². The predicted molar refractivity (Wildman–Crippen MR) is 113 cm³/mol. The van der Waals surface area contributed by atoms with Crippen LogP contribution < -0.4 is 0 Å². The fourth-order valence-electron chi connectivity index (χ4n) is 3.13. The van der Waals surface area contributed by atoms with Crippen LogP contribution in [0.15, 0.2) is 53.5 Å². The van der Waals surface area contributed by atoms with Gasteiger partial charge in [-0.15, -0.1) is 0 Å². The predicted octanol–water partition coefficient (Wildman–Crippen LogP) is 5.66. The highest BCUT2D eigenvalue weighted by Crippen LogP contribution is 2.33. The number of aromatic amines is 1. The Morgan fingerprint density at radius 1 is 1.04 bits per heavy atom. The summed E-state index contributed by atoms with van der Waals surface area (Å²) >= 11 is 6.28. The molecule has 0 aliphatic heterocycles. The fourth-order valence-corrected chi connectivity index (χ4v) is 3.29. The summed E-state index contributed by atoms with van der Waals surface area (Å²) < 4.78 is 0. The van der Waals surface area contributed by atoms with Crippen molar-refractivity contribution in [2.75, 3.05) is 0 Å². The number of halogens is 1. The lowest BCUT2D eigenvalue weighted by Gasteiger charge is -2.09. The lowest BCUT2D eigenvalue weighted by molar-refractivity contribution is 0.473. The van der Waals surface area contributed by atoms with Gasteiger partial charge < -0.3 is 15.2 Å². The van der Waals surface area contributed by atoms with Crippen LogP contribution in [0.5, 0.6) is 11.5 Å². The van der Waals surface area contributed by atoms with Crippen LogP contribution in [-0.4, -0.2) is 26.4 Å². The van der Waals surface area contributed by atoms with Gasteiger partial charge in [0.2, 0.25) is 0 Å². The topological polar surface area (TPSA) is 81.5 Å². The van der Waals surface area contributed by atoms with Crippen LogP contribution in [0.2, 0.25) is 5.02 Å². The summed E-state index contributed by atoms with van der Waals surface area (Å²) in [4.78, 5) is 12.2. The number of benzene rings is 3. The highest BCUT2D eigenvalue weighted by molar-refractivity contribution is 6.32. The van der Waals surface area contributed by atoms with Crippen molar-refractivity contribution in [3.63, 3.8) is 0 Å². The van der Waals surface area contributed by atoms with Gasteiger partial charge in [0.15, 0.2) is 0 Å². The number of phenols is 2. The molecule has 0 atom stereocenters. The van der Waals surface area contributed by atoms with Crippen molar-refractivity contribution in [3.8, 4) is 22.9 Å². The molecule has 4 rings (SSSR count). The van der Waals surface area contributed by atoms with Crippen LogP contribution in [0.1, 0.15) is 16.7 Å². The molecule has 0 saturated heterocycles. The van der Waals surface area contributed by atoms with E-state index in [4.69, 9.17) is 11.6 Å². The molecule has 28 heavy (non-hydrogen) atoms. The number of aromatic nitrogens is 2. The monoisotopic (exact) mass is 391 g/mol. The summed E-state index contributed by atoms with van der Waals surface area (Å²) in [6.07, 6.45) is 1.57. The van der Waals surface area contributed by atoms with Crippen LogP contribution in [0.25, 0.3) is 22.4 Å². The molecule has 0 aliphatic rings. The molecule has 4 aromatic rings. The van der Waals surface area contributed by atoms with Crippen LogP contribution in [0.4, 0.5) is 5.69 Å². The first-order valence-corrected chi connectivity index (χ1v) is 9.12. The van der Waals surface area contributed by atoms with E-state index in [-0.39, 0.29) is 11.5 Å². The summed E-state index contributed by atoms with van der Waals surface area (Å²) in [5.74, 6) is 0.794. The molecule has 0 radical (unpaired) electrons. The third-order valence-electron chi connectivity index (χ3n) is 4.68. The molecule has 6 heteroatoms. The van der Waals surface area contributed by atoms with Crippen molar-refractivity contribution in [2.45, 2.75) is 13.8 Å². The number of nitrogens with zero attached hydrogens (tertiary/aromatic N) is 2. The molecule has 140 valence electrons. The molecule has 1 heterocycles. The zero-order valence-electron chi connectivity index (χ0n) is 15.4. The molecule has 0 unspecified atom stereocenters. The Kier molecular flexibility index (Phi) is 4.53. The van der Waals surface area contributed by atoms with Gasteiger partial charge >= 0.3 is 0 Å². The van der Waals surface area contributed by atoms with Gasteiger partial charge in [0.1, 0.15) is 17.3 Å². The number of imidazole rings is 1. The van der Waals surface area contributed by atoms with Crippen molar-refractivity contribution in [1.29, 1.82) is 0 Å². The van der Waals surface area contributed by atoms with Gasteiger partial charge in [0.05, 0.1) is 22.3 Å². The number of hydrogen-bond donors (Lipinski definition) is 3. The van der Waals surface area contributed by atoms with E-state index >= 15 is 0 Å². The third kappa shape index (κ3) is 3.21. The number of hydrogen-bond acceptors (Lipinski definition) is 4. The molecule has 3 aromatic carbocycles. The lowest BCUT2D eigenvalue weighted by atomic mass is 10.0. The maximum atomic E-state index is 10.3. The standard InChI is InChI=1S/C22H18ClN3O2/c1-12-9-20(28)16(13(2)21(12)23)11-24-14-7-8-19(27)15(10-14)22-25-17-5-3-4-6-18(17)26-22/h3-11,27-28H,1-2H3,(H,25,26).